The zero-order valence-electron chi connectivity index (χ0n) is 9.74. The van der Waals surface area contributed by atoms with E-state index in [0.717, 1.165) is 22.6 Å². The van der Waals surface area contributed by atoms with Gasteiger partial charge in [0.2, 0.25) is 0 Å². The maximum absolute atomic E-state index is 10.9. The molecule has 0 aliphatic heterocycles. The SMILES string of the molecule is O=CC(Cc1cccc2ccccc12)CS(=O)[O-]. The summed E-state index contributed by atoms with van der Waals surface area (Å²) in [5, 5.41) is 2.17. The quantitative estimate of drug-likeness (QED) is 0.611. The first-order valence-electron chi connectivity index (χ1n) is 5.68. The molecule has 0 N–H and O–H groups in total. The highest BCUT2D eigenvalue weighted by atomic mass is 32.2. The maximum atomic E-state index is 10.9. The van der Waals surface area contributed by atoms with E-state index < -0.39 is 17.0 Å². The molecule has 0 aliphatic carbocycles. The molecule has 0 aliphatic rings. The van der Waals surface area contributed by atoms with E-state index in [-0.39, 0.29) is 5.75 Å². The van der Waals surface area contributed by atoms with Crippen molar-refractivity contribution in [1.82, 2.24) is 0 Å². The third-order valence-electron chi connectivity index (χ3n) is 2.90. The molecule has 0 saturated carbocycles. The standard InChI is InChI=1S/C14H14O3S/c15-9-11(10-18(16)17)8-13-6-3-5-12-4-1-2-7-14(12)13/h1-7,9,11H,8,10H2,(H,16,17)/p-1. The van der Waals surface area contributed by atoms with Crippen molar-refractivity contribution in [2.24, 2.45) is 5.92 Å². The summed E-state index contributed by atoms with van der Waals surface area (Å²) in [6, 6.07) is 13.7. The second-order valence-corrected chi connectivity index (χ2v) is 5.15. The minimum absolute atomic E-state index is 0.118. The summed E-state index contributed by atoms with van der Waals surface area (Å²) in [5.74, 6) is -0.596. The highest BCUT2D eigenvalue weighted by Gasteiger charge is 2.10. The summed E-state index contributed by atoms with van der Waals surface area (Å²) in [6.45, 7) is 0. The van der Waals surface area contributed by atoms with E-state index in [9.17, 15) is 13.6 Å². The van der Waals surface area contributed by atoms with E-state index in [1.165, 1.54) is 0 Å². The summed E-state index contributed by atoms with van der Waals surface area (Å²) in [6.07, 6.45) is 1.18. The number of fused-ring (bicyclic) bond motifs is 1. The molecule has 3 nitrogen and oxygen atoms in total. The van der Waals surface area contributed by atoms with Crippen molar-refractivity contribution in [3.05, 3.63) is 48.0 Å². The molecule has 2 aromatic carbocycles. The lowest BCUT2D eigenvalue weighted by atomic mass is 9.97. The number of hydrogen-bond acceptors (Lipinski definition) is 3. The fourth-order valence-corrected chi connectivity index (χ4v) is 2.62. The van der Waals surface area contributed by atoms with Crippen molar-refractivity contribution in [2.75, 3.05) is 5.75 Å². The van der Waals surface area contributed by atoms with Gasteiger partial charge < -0.3 is 9.35 Å². The third kappa shape index (κ3) is 3.03. The van der Waals surface area contributed by atoms with Crippen LogP contribution in [0, 0.1) is 5.92 Å². The van der Waals surface area contributed by atoms with Gasteiger partial charge >= 0.3 is 0 Å². The fraction of sp³-hybridized carbons (Fsp3) is 0.214. The van der Waals surface area contributed by atoms with Gasteiger partial charge in [-0.15, -0.1) is 0 Å². The third-order valence-corrected chi connectivity index (χ3v) is 3.60. The Morgan fingerprint density at radius 1 is 1.17 bits per heavy atom. The lowest BCUT2D eigenvalue weighted by molar-refractivity contribution is -0.110. The summed E-state index contributed by atoms with van der Waals surface area (Å²) in [4.78, 5) is 10.9. The van der Waals surface area contributed by atoms with Crippen LogP contribution < -0.4 is 0 Å². The molecule has 2 aromatic rings. The molecule has 0 spiro atoms. The predicted octanol–water partition coefficient (Wildman–Crippen LogP) is 2.08. The fourth-order valence-electron chi connectivity index (χ4n) is 2.07. The number of carbonyl (C=O) groups excluding carboxylic acids is 1. The summed E-state index contributed by atoms with van der Waals surface area (Å²) in [5.41, 5.74) is 1.01. The van der Waals surface area contributed by atoms with E-state index in [1.807, 2.05) is 42.5 Å². The van der Waals surface area contributed by atoms with E-state index in [0.29, 0.717) is 6.42 Å². The van der Waals surface area contributed by atoms with Crippen LogP contribution in [0.2, 0.25) is 0 Å². The van der Waals surface area contributed by atoms with Crippen LogP contribution in [0.25, 0.3) is 10.8 Å². The number of carbonyl (C=O) groups is 1. The van der Waals surface area contributed by atoms with Crippen molar-refractivity contribution < 1.29 is 13.6 Å². The van der Waals surface area contributed by atoms with Gasteiger partial charge in [-0.25, -0.2) is 0 Å². The van der Waals surface area contributed by atoms with Gasteiger partial charge in [-0.3, -0.25) is 4.21 Å². The summed E-state index contributed by atoms with van der Waals surface area (Å²) in [7, 11) is 0. The average molecular weight is 261 g/mol. The van der Waals surface area contributed by atoms with E-state index in [1.54, 1.807) is 0 Å². The smallest absolute Gasteiger partial charge is 0.124 e. The lowest BCUT2D eigenvalue weighted by Gasteiger charge is -2.13. The highest BCUT2D eigenvalue weighted by molar-refractivity contribution is 7.79. The first-order valence-corrected chi connectivity index (χ1v) is 6.93. The van der Waals surface area contributed by atoms with Gasteiger partial charge in [-0.1, -0.05) is 53.5 Å². The minimum Gasteiger partial charge on any atom is -0.772 e. The Morgan fingerprint density at radius 3 is 2.61 bits per heavy atom. The van der Waals surface area contributed by atoms with Crippen LogP contribution in [0.4, 0.5) is 0 Å². The zero-order chi connectivity index (χ0) is 13.0. The monoisotopic (exact) mass is 261 g/mol. The van der Waals surface area contributed by atoms with Crippen LogP contribution in [0.5, 0.6) is 0 Å². The molecule has 0 fully saturated rings. The molecule has 2 unspecified atom stereocenters. The van der Waals surface area contributed by atoms with Crippen molar-refractivity contribution in [1.29, 1.82) is 0 Å². The van der Waals surface area contributed by atoms with Crippen LogP contribution >= 0.6 is 0 Å². The summed E-state index contributed by atoms with van der Waals surface area (Å²) >= 11 is -2.18. The number of benzene rings is 2. The Balaban J connectivity index is 2.30. The number of aldehydes is 1. The van der Waals surface area contributed by atoms with Gasteiger partial charge in [0.15, 0.2) is 0 Å². The normalized spacial score (nSPS) is 14.3. The average Bonchev–Trinajstić information content (AvgIpc) is 2.38. The van der Waals surface area contributed by atoms with Gasteiger partial charge in [0.05, 0.1) is 0 Å². The molecular formula is C14H13O3S-. The molecule has 0 radical (unpaired) electrons. The molecule has 94 valence electrons. The van der Waals surface area contributed by atoms with Crippen LogP contribution in [0.1, 0.15) is 5.56 Å². The molecule has 2 rings (SSSR count). The van der Waals surface area contributed by atoms with Crippen molar-refractivity contribution in [3.8, 4) is 0 Å². The lowest BCUT2D eigenvalue weighted by Crippen LogP contribution is -2.15. The van der Waals surface area contributed by atoms with Gasteiger partial charge in [0.1, 0.15) is 6.29 Å². The van der Waals surface area contributed by atoms with Gasteiger partial charge in [-0.2, -0.15) is 0 Å². The molecule has 2 atom stereocenters. The van der Waals surface area contributed by atoms with Crippen LogP contribution in [0.15, 0.2) is 42.5 Å². The molecule has 0 heterocycles. The zero-order valence-corrected chi connectivity index (χ0v) is 10.6. The van der Waals surface area contributed by atoms with Gasteiger partial charge in [-0.05, 0) is 22.8 Å². The predicted molar refractivity (Wildman–Crippen MR) is 71.0 cm³/mol. The Labute approximate surface area is 108 Å². The van der Waals surface area contributed by atoms with Crippen molar-refractivity contribution in [3.63, 3.8) is 0 Å². The van der Waals surface area contributed by atoms with Crippen LogP contribution in [0.3, 0.4) is 0 Å². The Kier molecular flexibility index (Phi) is 4.23. The molecule has 0 bridgehead atoms. The minimum atomic E-state index is -2.18. The second-order valence-electron chi connectivity index (χ2n) is 4.21. The molecular weight excluding hydrogens is 248 g/mol. The highest BCUT2D eigenvalue weighted by Crippen LogP contribution is 2.21. The molecule has 4 heteroatoms. The summed E-state index contributed by atoms with van der Waals surface area (Å²) < 4.78 is 21.3. The second kappa shape index (κ2) is 5.89. The van der Waals surface area contributed by atoms with Crippen molar-refractivity contribution in [2.45, 2.75) is 6.42 Å². The van der Waals surface area contributed by atoms with E-state index in [2.05, 4.69) is 0 Å². The molecule has 0 saturated heterocycles. The van der Waals surface area contributed by atoms with Gasteiger partial charge in [0.25, 0.3) is 0 Å². The first-order chi connectivity index (χ1) is 8.70. The molecule has 0 aromatic heterocycles. The van der Waals surface area contributed by atoms with E-state index in [4.69, 9.17) is 0 Å². The largest absolute Gasteiger partial charge is 0.772 e. The molecule has 18 heavy (non-hydrogen) atoms. The maximum Gasteiger partial charge on any atom is 0.124 e. The first kappa shape index (κ1) is 12.9. The Bertz CT molecular complexity index is 575. The topological polar surface area (TPSA) is 57.2 Å². The van der Waals surface area contributed by atoms with Crippen molar-refractivity contribution >= 4 is 28.1 Å². The molecule has 0 amide bonds. The Hall–Kier alpha value is -1.52. The van der Waals surface area contributed by atoms with Gasteiger partial charge in [0, 0.05) is 11.7 Å². The van der Waals surface area contributed by atoms with E-state index >= 15 is 0 Å². The van der Waals surface area contributed by atoms with Crippen LogP contribution in [-0.4, -0.2) is 20.8 Å². The number of rotatable bonds is 5. The van der Waals surface area contributed by atoms with Crippen LogP contribution in [-0.2, 0) is 22.3 Å². The Morgan fingerprint density at radius 2 is 1.89 bits per heavy atom. The number of hydrogen-bond donors (Lipinski definition) is 0.